The van der Waals surface area contributed by atoms with E-state index < -0.39 is 0 Å². The smallest absolute Gasteiger partial charge is 0.237 e. The Morgan fingerprint density at radius 1 is 0.941 bits per heavy atom. The fourth-order valence-electron chi connectivity index (χ4n) is 5.26. The molecule has 34 heavy (non-hydrogen) atoms. The highest BCUT2D eigenvalue weighted by Gasteiger charge is 2.47. The summed E-state index contributed by atoms with van der Waals surface area (Å²) < 4.78 is 0. The van der Waals surface area contributed by atoms with E-state index in [1.807, 2.05) is 47.4 Å². The van der Waals surface area contributed by atoms with E-state index in [0.29, 0.717) is 11.0 Å². The molecule has 6 heteroatoms. The van der Waals surface area contributed by atoms with Crippen LogP contribution in [0.3, 0.4) is 0 Å². The summed E-state index contributed by atoms with van der Waals surface area (Å²) >= 11 is 1.36. The van der Waals surface area contributed by atoms with Gasteiger partial charge in [-0.1, -0.05) is 97.5 Å². The number of thioether (sulfide) groups is 1. The zero-order valence-electron chi connectivity index (χ0n) is 19.7. The molecule has 0 radical (unpaired) electrons. The lowest BCUT2D eigenvalue weighted by atomic mass is 9.65. The van der Waals surface area contributed by atoms with Crippen molar-refractivity contribution >= 4 is 23.4 Å². The Labute approximate surface area is 204 Å². The Hall–Kier alpha value is -3.38. The number of para-hydroxylation sites is 1. The van der Waals surface area contributed by atoms with Crippen molar-refractivity contribution in [1.29, 1.82) is 0 Å². The van der Waals surface area contributed by atoms with E-state index in [1.165, 1.54) is 22.9 Å². The van der Waals surface area contributed by atoms with Gasteiger partial charge in [0.15, 0.2) is 5.82 Å². The summed E-state index contributed by atoms with van der Waals surface area (Å²) in [6.07, 6.45) is 0.830. The average Bonchev–Trinajstić information content (AvgIpc) is 3.32. The highest BCUT2D eigenvalue weighted by atomic mass is 32.2. The molecule has 0 saturated carbocycles. The molecule has 0 saturated heterocycles. The molecule has 1 N–H and O–H groups in total. The molecular formula is C28H28N4OS. The van der Waals surface area contributed by atoms with Crippen LogP contribution in [0.25, 0.3) is 11.4 Å². The number of amides is 1. The molecular weight excluding hydrogens is 440 g/mol. The molecule has 1 aliphatic rings. The molecule has 1 amide bonds. The lowest BCUT2D eigenvalue weighted by molar-refractivity contribution is -0.117. The van der Waals surface area contributed by atoms with Crippen LogP contribution < -0.4 is 4.90 Å². The number of aromatic nitrogens is 3. The van der Waals surface area contributed by atoms with Gasteiger partial charge in [0.1, 0.15) is 0 Å². The van der Waals surface area contributed by atoms with E-state index in [0.717, 1.165) is 17.7 Å². The third kappa shape index (κ3) is 4.03. The van der Waals surface area contributed by atoms with Gasteiger partial charge in [0.25, 0.3) is 0 Å². The molecule has 4 aromatic rings. The monoisotopic (exact) mass is 468 g/mol. The number of hydrogen-bond acceptors (Lipinski definition) is 4. The average molecular weight is 469 g/mol. The molecule has 1 atom stereocenters. The number of nitrogens with one attached hydrogen (secondary N) is 1. The second kappa shape index (κ2) is 8.76. The fourth-order valence-corrected chi connectivity index (χ4v) is 5.91. The van der Waals surface area contributed by atoms with E-state index in [9.17, 15) is 4.79 Å². The number of carbonyl (C=O) groups is 1. The summed E-state index contributed by atoms with van der Waals surface area (Å²) in [5.41, 5.74) is 3.87. The van der Waals surface area contributed by atoms with Crippen LogP contribution >= 0.6 is 11.8 Å². The largest absolute Gasteiger partial charge is 0.306 e. The lowest BCUT2D eigenvalue weighted by Crippen LogP contribution is -2.56. The molecule has 5 rings (SSSR count). The van der Waals surface area contributed by atoms with Gasteiger partial charge in [-0.15, -0.1) is 5.10 Å². The first-order valence-electron chi connectivity index (χ1n) is 11.5. The summed E-state index contributed by atoms with van der Waals surface area (Å²) in [6, 6.07) is 28.8. The van der Waals surface area contributed by atoms with Gasteiger partial charge in [0, 0.05) is 22.2 Å². The molecule has 3 aromatic carbocycles. The van der Waals surface area contributed by atoms with Gasteiger partial charge in [-0.3, -0.25) is 9.89 Å². The van der Waals surface area contributed by atoms with Crippen LogP contribution in [0, 0.1) is 0 Å². The van der Waals surface area contributed by atoms with Crippen molar-refractivity contribution in [3.05, 3.63) is 96.1 Å². The van der Waals surface area contributed by atoms with Gasteiger partial charge < -0.3 is 4.90 Å². The standard InChI is InChI=1S/C28H28N4OS/c1-27(2)19-28(3,21-14-8-5-9-15-21)22-16-10-11-17-23(22)32(27)24(33)18-34-26-29-25(30-31-26)20-12-6-4-7-13-20/h4-17H,18-19H2,1-3H3,(H,29,30,31)/t28-/m1/s1. The summed E-state index contributed by atoms with van der Waals surface area (Å²) in [6.45, 7) is 6.61. The topological polar surface area (TPSA) is 61.9 Å². The van der Waals surface area contributed by atoms with Crippen LogP contribution in [0.2, 0.25) is 0 Å². The molecule has 1 aliphatic heterocycles. The van der Waals surface area contributed by atoms with Crippen molar-refractivity contribution in [1.82, 2.24) is 15.2 Å². The van der Waals surface area contributed by atoms with Crippen LogP contribution in [-0.2, 0) is 10.2 Å². The van der Waals surface area contributed by atoms with Gasteiger partial charge in [-0.05, 0) is 37.5 Å². The SMILES string of the molecule is CC1(C)C[C@](C)(c2ccccc2)c2ccccc2N1C(=O)CSc1n[nH]c(-c2ccccc2)n1. The molecule has 2 heterocycles. The van der Waals surface area contributed by atoms with Gasteiger partial charge in [-0.25, -0.2) is 4.98 Å². The third-order valence-corrected chi connectivity index (χ3v) is 7.46. The second-order valence-corrected chi connectivity index (χ2v) is 10.5. The zero-order valence-corrected chi connectivity index (χ0v) is 20.5. The minimum absolute atomic E-state index is 0.0589. The van der Waals surface area contributed by atoms with Crippen LogP contribution in [0.4, 0.5) is 5.69 Å². The summed E-state index contributed by atoms with van der Waals surface area (Å²) in [7, 11) is 0. The van der Waals surface area contributed by atoms with Gasteiger partial charge >= 0.3 is 0 Å². The van der Waals surface area contributed by atoms with Crippen molar-refractivity contribution < 1.29 is 4.79 Å². The van der Waals surface area contributed by atoms with E-state index >= 15 is 0 Å². The van der Waals surface area contributed by atoms with Crippen molar-refractivity contribution in [3.63, 3.8) is 0 Å². The van der Waals surface area contributed by atoms with Crippen molar-refractivity contribution in [2.45, 2.75) is 43.3 Å². The van der Waals surface area contributed by atoms with Gasteiger partial charge in [-0.2, -0.15) is 0 Å². The summed E-state index contributed by atoms with van der Waals surface area (Å²) in [5.74, 6) is 1.03. The molecule has 172 valence electrons. The van der Waals surface area contributed by atoms with Crippen LogP contribution in [0.15, 0.2) is 90.1 Å². The summed E-state index contributed by atoms with van der Waals surface area (Å²) in [5, 5.41) is 7.86. The number of benzene rings is 3. The number of hydrogen-bond donors (Lipinski definition) is 1. The maximum atomic E-state index is 13.6. The molecule has 0 aliphatic carbocycles. The Bertz CT molecular complexity index is 1300. The van der Waals surface area contributed by atoms with Crippen LogP contribution in [-0.4, -0.2) is 32.4 Å². The number of rotatable bonds is 5. The molecule has 1 aromatic heterocycles. The Morgan fingerprint density at radius 2 is 1.59 bits per heavy atom. The van der Waals surface area contributed by atoms with Crippen LogP contribution in [0.1, 0.15) is 38.3 Å². The highest BCUT2D eigenvalue weighted by Crippen LogP contribution is 2.50. The molecule has 0 spiro atoms. The Kier molecular flexibility index (Phi) is 5.78. The zero-order chi connectivity index (χ0) is 23.8. The fraction of sp³-hybridized carbons (Fsp3) is 0.250. The minimum atomic E-state index is -0.356. The predicted molar refractivity (Wildman–Crippen MR) is 138 cm³/mol. The maximum Gasteiger partial charge on any atom is 0.237 e. The van der Waals surface area contributed by atoms with Crippen LogP contribution in [0.5, 0.6) is 0 Å². The van der Waals surface area contributed by atoms with Gasteiger partial charge in [0.2, 0.25) is 11.1 Å². The first-order chi connectivity index (χ1) is 16.4. The van der Waals surface area contributed by atoms with E-state index in [2.05, 4.69) is 78.4 Å². The normalized spacial score (nSPS) is 19.0. The lowest BCUT2D eigenvalue weighted by Gasteiger charge is -2.51. The van der Waals surface area contributed by atoms with Crippen molar-refractivity contribution in [2.75, 3.05) is 10.7 Å². The van der Waals surface area contributed by atoms with Gasteiger partial charge in [0.05, 0.1) is 5.75 Å². The molecule has 0 unspecified atom stereocenters. The Morgan fingerprint density at radius 3 is 2.32 bits per heavy atom. The van der Waals surface area contributed by atoms with E-state index in [4.69, 9.17) is 0 Å². The molecule has 0 fully saturated rings. The van der Waals surface area contributed by atoms with Crippen molar-refractivity contribution in [3.8, 4) is 11.4 Å². The quantitative estimate of drug-likeness (QED) is 0.360. The second-order valence-electron chi connectivity index (χ2n) is 9.55. The first kappa shape index (κ1) is 22.4. The number of H-pyrrole nitrogens is 1. The Balaban J connectivity index is 1.41. The molecule has 5 nitrogen and oxygen atoms in total. The first-order valence-corrected chi connectivity index (χ1v) is 12.5. The van der Waals surface area contributed by atoms with E-state index in [-0.39, 0.29) is 22.6 Å². The molecule has 0 bridgehead atoms. The number of anilines is 1. The number of carbonyl (C=O) groups excluding carboxylic acids is 1. The predicted octanol–water partition coefficient (Wildman–Crippen LogP) is 6.09. The van der Waals surface area contributed by atoms with E-state index in [1.54, 1.807) is 0 Å². The maximum absolute atomic E-state index is 13.6. The van der Waals surface area contributed by atoms with Crippen molar-refractivity contribution in [2.24, 2.45) is 0 Å². The summed E-state index contributed by atoms with van der Waals surface area (Å²) in [4.78, 5) is 20.2. The minimum Gasteiger partial charge on any atom is -0.306 e. The number of fused-ring (bicyclic) bond motifs is 1. The highest BCUT2D eigenvalue weighted by molar-refractivity contribution is 7.99. The number of aromatic amines is 1. The number of nitrogens with zero attached hydrogens (tertiary/aromatic N) is 3. The third-order valence-electron chi connectivity index (χ3n) is 6.63.